The molecule has 0 radical (unpaired) electrons. The minimum Gasteiger partial charge on any atom is -0.492 e. The third-order valence-corrected chi connectivity index (χ3v) is 8.28. The van der Waals surface area contributed by atoms with E-state index in [0.29, 0.717) is 22.1 Å². The Hall–Kier alpha value is -2.39. The van der Waals surface area contributed by atoms with Crippen molar-refractivity contribution in [2.75, 3.05) is 0 Å². The largest absolute Gasteiger partial charge is 0.492 e. The second-order valence-electron chi connectivity index (χ2n) is 9.22. The molecule has 0 spiro atoms. The van der Waals surface area contributed by atoms with E-state index in [1.54, 1.807) is 19.9 Å². The molecule has 3 rings (SSSR count). The van der Waals surface area contributed by atoms with Gasteiger partial charge in [0.05, 0.1) is 21.4 Å². The maximum absolute atomic E-state index is 13.3. The molecular weight excluding hydrogens is 503 g/mol. The molecular formula is C25H27ClF3NO4S. The van der Waals surface area contributed by atoms with Gasteiger partial charge in [-0.1, -0.05) is 50.6 Å². The number of ether oxygens (including phenoxy) is 1. The number of rotatable bonds is 8. The van der Waals surface area contributed by atoms with Gasteiger partial charge in [0, 0.05) is 5.25 Å². The van der Waals surface area contributed by atoms with Gasteiger partial charge in [0.15, 0.2) is 0 Å². The van der Waals surface area contributed by atoms with Crippen molar-refractivity contribution in [1.82, 2.24) is 5.32 Å². The molecule has 190 valence electrons. The lowest BCUT2D eigenvalue weighted by molar-refractivity contribution is -0.144. The van der Waals surface area contributed by atoms with Crippen molar-refractivity contribution in [2.45, 2.75) is 58.2 Å². The summed E-state index contributed by atoms with van der Waals surface area (Å²) >= 11 is 7.78. The van der Waals surface area contributed by atoms with Gasteiger partial charge in [0.25, 0.3) is 5.91 Å². The molecule has 1 aromatic rings. The predicted molar refractivity (Wildman–Crippen MR) is 129 cm³/mol. The molecule has 1 heterocycles. The molecule has 2 N–H and O–H groups in total. The van der Waals surface area contributed by atoms with Gasteiger partial charge in [0.2, 0.25) is 0 Å². The first-order chi connectivity index (χ1) is 16.3. The lowest BCUT2D eigenvalue weighted by atomic mass is 9.81. The van der Waals surface area contributed by atoms with Crippen LogP contribution in [0.1, 0.15) is 45.2 Å². The number of benzene rings is 1. The summed E-state index contributed by atoms with van der Waals surface area (Å²) in [5, 5.41) is 12.2. The number of fused-ring (bicyclic) bond motifs is 1. The zero-order valence-corrected chi connectivity index (χ0v) is 21.3. The van der Waals surface area contributed by atoms with Crippen LogP contribution in [0.3, 0.4) is 0 Å². The summed E-state index contributed by atoms with van der Waals surface area (Å²) in [7, 11) is 0. The van der Waals surface area contributed by atoms with Crippen LogP contribution in [0.15, 0.2) is 57.7 Å². The van der Waals surface area contributed by atoms with Crippen LogP contribution in [0.5, 0.6) is 0 Å². The summed E-state index contributed by atoms with van der Waals surface area (Å²) in [6.07, 6.45) is -0.502. The Kier molecular flexibility index (Phi) is 8.01. The van der Waals surface area contributed by atoms with E-state index in [9.17, 15) is 27.9 Å². The molecule has 2 aliphatic rings. The summed E-state index contributed by atoms with van der Waals surface area (Å²) in [4.78, 5) is 25.2. The SMILES string of the molecule is CCC(C)(C)[C@H](NC(=O)C1=C(OCc2ccc(C(F)(F)F)cc2)C2C(C)=C(Cl)SC2C=C1)C(=O)O. The first kappa shape index (κ1) is 27.2. The number of halogens is 4. The molecule has 0 aromatic heterocycles. The van der Waals surface area contributed by atoms with Crippen molar-refractivity contribution in [3.8, 4) is 0 Å². The molecule has 5 nitrogen and oxygen atoms in total. The van der Waals surface area contributed by atoms with Crippen LogP contribution < -0.4 is 5.32 Å². The highest BCUT2D eigenvalue weighted by Crippen LogP contribution is 2.50. The second kappa shape index (κ2) is 10.3. The van der Waals surface area contributed by atoms with Crippen molar-refractivity contribution >= 4 is 35.2 Å². The maximum atomic E-state index is 13.3. The molecule has 0 bridgehead atoms. The molecule has 3 atom stereocenters. The fraction of sp³-hybridized carbons (Fsp3) is 0.440. The third-order valence-electron chi connectivity index (χ3n) is 6.48. The number of amides is 1. The summed E-state index contributed by atoms with van der Waals surface area (Å²) in [5.41, 5.74) is -0.000430. The normalized spacial score (nSPS) is 21.1. The molecule has 1 aliphatic heterocycles. The molecule has 1 amide bonds. The van der Waals surface area contributed by atoms with Gasteiger partial charge in [0.1, 0.15) is 18.4 Å². The van der Waals surface area contributed by atoms with Gasteiger partial charge in [-0.3, -0.25) is 4.79 Å². The first-order valence-electron chi connectivity index (χ1n) is 11.0. The highest BCUT2D eigenvalue weighted by atomic mass is 35.5. The van der Waals surface area contributed by atoms with Gasteiger partial charge < -0.3 is 15.2 Å². The van der Waals surface area contributed by atoms with E-state index in [0.717, 1.165) is 17.7 Å². The molecule has 0 fully saturated rings. The number of carboxylic acid groups (broad SMARTS) is 1. The molecule has 1 aromatic carbocycles. The monoisotopic (exact) mass is 529 g/mol. The fourth-order valence-electron chi connectivity index (χ4n) is 3.90. The number of thioether (sulfide) groups is 1. The van der Waals surface area contributed by atoms with E-state index in [-0.39, 0.29) is 23.3 Å². The van der Waals surface area contributed by atoms with Gasteiger partial charge in [-0.2, -0.15) is 13.2 Å². The van der Waals surface area contributed by atoms with E-state index in [2.05, 4.69) is 5.32 Å². The summed E-state index contributed by atoms with van der Waals surface area (Å²) in [5.74, 6) is -1.78. The summed E-state index contributed by atoms with van der Waals surface area (Å²) < 4.78 is 45.3. The molecule has 10 heteroatoms. The zero-order chi connectivity index (χ0) is 26.1. The van der Waals surface area contributed by atoms with Crippen LogP contribution in [0.25, 0.3) is 0 Å². The first-order valence-corrected chi connectivity index (χ1v) is 12.3. The smallest absolute Gasteiger partial charge is 0.416 e. The van der Waals surface area contributed by atoms with Crippen LogP contribution >= 0.6 is 23.4 Å². The van der Waals surface area contributed by atoms with Crippen LogP contribution in [-0.2, 0) is 27.1 Å². The Balaban J connectivity index is 1.93. The van der Waals surface area contributed by atoms with E-state index >= 15 is 0 Å². The molecule has 0 saturated carbocycles. The number of alkyl halides is 3. The highest BCUT2D eigenvalue weighted by molar-refractivity contribution is 8.05. The average molecular weight is 530 g/mol. The van der Waals surface area contributed by atoms with Crippen LogP contribution in [-0.4, -0.2) is 28.3 Å². The number of allylic oxidation sites excluding steroid dienone is 1. The fourth-order valence-corrected chi connectivity index (χ4v) is 5.50. The summed E-state index contributed by atoms with van der Waals surface area (Å²) in [6.45, 7) is 7.12. The van der Waals surface area contributed by atoms with Crippen molar-refractivity contribution in [3.05, 3.63) is 68.8 Å². The molecule has 1 aliphatic carbocycles. The molecule has 0 saturated heterocycles. The van der Waals surface area contributed by atoms with E-state index in [1.165, 1.54) is 23.9 Å². The Morgan fingerprint density at radius 2 is 1.86 bits per heavy atom. The Labute approximate surface area is 211 Å². The minimum atomic E-state index is -4.44. The number of carboxylic acids is 1. The van der Waals surface area contributed by atoms with E-state index < -0.39 is 35.1 Å². The lowest BCUT2D eigenvalue weighted by Gasteiger charge is -2.32. The lowest BCUT2D eigenvalue weighted by Crippen LogP contribution is -2.50. The average Bonchev–Trinajstić information content (AvgIpc) is 3.08. The zero-order valence-electron chi connectivity index (χ0n) is 19.7. The van der Waals surface area contributed by atoms with Crippen molar-refractivity contribution in [1.29, 1.82) is 0 Å². The Bertz CT molecular complexity index is 1090. The van der Waals surface area contributed by atoms with Gasteiger partial charge >= 0.3 is 12.1 Å². The second-order valence-corrected chi connectivity index (χ2v) is 11.0. The van der Waals surface area contributed by atoms with Crippen LogP contribution in [0.2, 0.25) is 0 Å². The van der Waals surface area contributed by atoms with Gasteiger partial charge in [-0.25, -0.2) is 4.79 Å². The predicted octanol–water partition coefficient (Wildman–Crippen LogP) is 6.25. The Morgan fingerprint density at radius 1 is 1.23 bits per heavy atom. The van der Waals surface area contributed by atoms with Crippen molar-refractivity contribution in [3.63, 3.8) is 0 Å². The number of carbonyl (C=O) groups excluding carboxylic acids is 1. The van der Waals surface area contributed by atoms with Crippen LogP contribution in [0, 0.1) is 11.3 Å². The number of hydrogen-bond donors (Lipinski definition) is 2. The highest BCUT2D eigenvalue weighted by Gasteiger charge is 2.41. The van der Waals surface area contributed by atoms with Crippen LogP contribution in [0.4, 0.5) is 13.2 Å². The quantitative estimate of drug-likeness (QED) is 0.416. The van der Waals surface area contributed by atoms with Gasteiger partial charge in [-0.15, -0.1) is 11.8 Å². The maximum Gasteiger partial charge on any atom is 0.416 e. The molecule has 35 heavy (non-hydrogen) atoms. The topological polar surface area (TPSA) is 75.6 Å². The minimum absolute atomic E-state index is 0.0698. The van der Waals surface area contributed by atoms with Crippen molar-refractivity contribution in [2.24, 2.45) is 11.3 Å². The van der Waals surface area contributed by atoms with Crippen molar-refractivity contribution < 1.29 is 32.6 Å². The van der Waals surface area contributed by atoms with Gasteiger partial charge in [-0.05, 0) is 48.1 Å². The number of carbonyl (C=O) groups is 2. The third kappa shape index (κ3) is 5.89. The number of nitrogens with one attached hydrogen (secondary N) is 1. The number of hydrogen-bond acceptors (Lipinski definition) is 4. The van der Waals surface area contributed by atoms with E-state index in [4.69, 9.17) is 16.3 Å². The Morgan fingerprint density at radius 3 is 2.40 bits per heavy atom. The summed E-state index contributed by atoms with van der Waals surface area (Å²) in [6, 6.07) is 3.46. The van der Waals surface area contributed by atoms with E-state index in [1.807, 2.05) is 19.9 Å². The molecule has 2 unspecified atom stereocenters. The number of aliphatic carboxylic acids is 1. The standard InChI is InChI=1S/C25H27ClF3NO4S/c1-5-24(3,4)20(23(32)33)30-22(31)16-10-11-17-18(13(2)21(26)35-17)19(16)34-12-14-6-8-15(9-7-14)25(27,28)29/h6-11,17-18,20H,5,12H2,1-4H3,(H,30,31)(H,32,33)/t17?,18?,20-/m1/s1.